The molecule has 5 heteroatoms. The summed E-state index contributed by atoms with van der Waals surface area (Å²) in [5.74, 6) is 0. The maximum Gasteiger partial charge on any atom is 0.414 e. The Morgan fingerprint density at radius 2 is 2.07 bits per heavy atom. The lowest BCUT2D eigenvalue weighted by atomic mass is 10.2. The van der Waals surface area contributed by atoms with Gasteiger partial charge in [-0.25, -0.2) is 4.79 Å². The number of cyclic esters (lactones) is 1. The molecule has 4 N–H and O–H groups in total. The molecule has 1 atom stereocenters. The van der Waals surface area contributed by atoms with Crippen LogP contribution in [-0.2, 0) is 4.74 Å². The monoisotopic (exact) mass is 207 g/mol. The Kier molecular flexibility index (Phi) is 2.47. The van der Waals surface area contributed by atoms with Gasteiger partial charge in [0.2, 0.25) is 0 Å². The number of carbonyl (C=O) groups is 1. The molecular weight excluding hydrogens is 194 g/mol. The van der Waals surface area contributed by atoms with Gasteiger partial charge in [-0.2, -0.15) is 0 Å². The average Bonchev–Trinajstić information content (AvgIpc) is 2.61. The molecule has 0 saturated carbocycles. The summed E-state index contributed by atoms with van der Waals surface area (Å²) in [5.41, 5.74) is 12.4. The van der Waals surface area contributed by atoms with Crippen LogP contribution in [0, 0.1) is 0 Å². The Labute approximate surface area is 87.6 Å². The molecule has 15 heavy (non-hydrogen) atoms. The number of nitrogens with two attached hydrogens (primary N) is 2. The van der Waals surface area contributed by atoms with Crippen molar-refractivity contribution in [3.63, 3.8) is 0 Å². The highest BCUT2D eigenvalue weighted by atomic mass is 16.6. The van der Waals surface area contributed by atoms with E-state index in [2.05, 4.69) is 0 Å². The van der Waals surface area contributed by atoms with E-state index in [-0.39, 0.29) is 12.2 Å². The normalized spacial score (nSPS) is 20.5. The highest BCUT2D eigenvalue weighted by Gasteiger charge is 2.31. The number of benzene rings is 1. The summed E-state index contributed by atoms with van der Waals surface area (Å²) in [7, 11) is 0. The van der Waals surface area contributed by atoms with E-state index in [1.807, 2.05) is 0 Å². The number of hydrogen-bond acceptors (Lipinski definition) is 4. The van der Waals surface area contributed by atoms with Gasteiger partial charge < -0.3 is 16.2 Å². The molecule has 2 rings (SSSR count). The van der Waals surface area contributed by atoms with Gasteiger partial charge in [-0.15, -0.1) is 0 Å². The van der Waals surface area contributed by atoms with E-state index in [0.717, 1.165) is 5.69 Å². The molecule has 1 unspecified atom stereocenters. The van der Waals surface area contributed by atoms with Gasteiger partial charge in [-0.05, 0) is 24.3 Å². The summed E-state index contributed by atoms with van der Waals surface area (Å²) in [6.45, 7) is 0.844. The highest BCUT2D eigenvalue weighted by Crippen LogP contribution is 2.22. The number of hydrogen-bond donors (Lipinski definition) is 2. The SMILES string of the molecule is NCC1CN(c2ccc(N)cc2)C(=O)O1. The van der Waals surface area contributed by atoms with Gasteiger partial charge in [0.05, 0.1) is 6.54 Å². The molecule has 1 aliphatic rings. The molecule has 0 spiro atoms. The second kappa shape index (κ2) is 3.78. The fraction of sp³-hybridized carbons (Fsp3) is 0.300. The van der Waals surface area contributed by atoms with Crippen LogP contribution in [0.3, 0.4) is 0 Å². The van der Waals surface area contributed by atoms with Crippen molar-refractivity contribution in [1.29, 1.82) is 0 Å². The second-order valence-electron chi connectivity index (χ2n) is 3.44. The van der Waals surface area contributed by atoms with E-state index in [1.165, 1.54) is 0 Å². The third kappa shape index (κ3) is 1.87. The summed E-state index contributed by atoms with van der Waals surface area (Å²) in [6, 6.07) is 7.07. The molecule has 1 aromatic rings. The van der Waals surface area contributed by atoms with E-state index in [4.69, 9.17) is 16.2 Å². The molecule has 1 heterocycles. The molecule has 5 nitrogen and oxygen atoms in total. The molecule has 1 fully saturated rings. The first kappa shape index (κ1) is 9.79. The topological polar surface area (TPSA) is 81.6 Å². The van der Waals surface area contributed by atoms with Crippen molar-refractivity contribution in [3.05, 3.63) is 24.3 Å². The Morgan fingerprint density at radius 1 is 1.40 bits per heavy atom. The zero-order valence-electron chi connectivity index (χ0n) is 8.22. The standard InChI is InChI=1S/C10H13N3O2/c11-5-9-6-13(10(14)15-9)8-3-1-7(12)2-4-8/h1-4,9H,5-6,11-12H2. The molecule has 0 aliphatic carbocycles. The fourth-order valence-corrected chi connectivity index (χ4v) is 1.51. The molecule has 1 amide bonds. The Balaban J connectivity index is 2.18. The van der Waals surface area contributed by atoms with Crippen LogP contribution < -0.4 is 16.4 Å². The zero-order chi connectivity index (χ0) is 10.8. The Bertz CT molecular complexity index is 363. The minimum atomic E-state index is -0.352. The lowest BCUT2D eigenvalue weighted by molar-refractivity contribution is 0.145. The summed E-state index contributed by atoms with van der Waals surface area (Å²) in [6.07, 6.45) is -0.565. The Morgan fingerprint density at radius 3 is 2.60 bits per heavy atom. The molecule has 1 aliphatic heterocycles. The largest absolute Gasteiger partial charge is 0.443 e. The maximum absolute atomic E-state index is 11.4. The maximum atomic E-state index is 11.4. The third-order valence-corrected chi connectivity index (χ3v) is 2.34. The number of rotatable bonds is 2. The summed E-state index contributed by atoms with van der Waals surface area (Å²) >= 11 is 0. The van der Waals surface area contributed by atoms with Crippen LogP contribution in [0.1, 0.15) is 0 Å². The number of carbonyl (C=O) groups excluding carboxylic acids is 1. The van der Waals surface area contributed by atoms with Gasteiger partial charge in [0.15, 0.2) is 0 Å². The van der Waals surface area contributed by atoms with E-state index >= 15 is 0 Å². The van der Waals surface area contributed by atoms with Crippen molar-refractivity contribution in [2.75, 3.05) is 23.7 Å². The number of nitrogens with zero attached hydrogens (tertiary/aromatic N) is 1. The predicted molar refractivity (Wildman–Crippen MR) is 57.5 cm³/mol. The molecule has 0 bridgehead atoms. The lowest BCUT2D eigenvalue weighted by Crippen LogP contribution is -2.27. The molecule has 1 saturated heterocycles. The smallest absolute Gasteiger partial charge is 0.414 e. The van der Waals surface area contributed by atoms with Crippen LogP contribution in [0.25, 0.3) is 0 Å². The summed E-state index contributed by atoms with van der Waals surface area (Å²) < 4.78 is 5.04. The van der Waals surface area contributed by atoms with Crippen molar-refractivity contribution in [3.8, 4) is 0 Å². The van der Waals surface area contributed by atoms with Crippen molar-refractivity contribution >= 4 is 17.5 Å². The van der Waals surface area contributed by atoms with Crippen molar-refractivity contribution in [2.45, 2.75) is 6.10 Å². The average molecular weight is 207 g/mol. The highest BCUT2D eigenvalue weighted by molar-refractivity contribution is 5.89. The number of amides is 1. The van der Waals surface area contributed by atoms with Crippen LogP contribution in [0.5, 0.6) is 0 Å². The number of ether oxygens (including phenoxy) is 1. The van der Waals surface area contributed by atoms with Crippen LogP contribution in [0.15, 0.2) is 24.3 Å². The summed E-state index contributed by atoms with van der Waals surface area (Å²) in [4.78, 5) is 13.0. The van der Waals surface area contributed by atoms with Gasteiger partial charge in [-0.3, -0.25) is 4.90 Å². The fourth-order valence-electron chi connectivity index (χ4n) is 1.51. The second-order valence-corrected chi connectivity index (χ2v) is 3.44. The van der Waals surface area contributed by atoms with E-state index in [1.54, 1.807) is 29.2 Å². The minimum Gasteiger partial charge on any atom is -0.443 e. The molecule has 80 valence electrons. The number of anilines is 2. The van der Waals surface area contributed by atoms with E-state index in [0.29, 0.717) is 18.8 Å². The first-order chi connectivity index (χ1) is 7.20. The minimum absolute atomic E-state index is 0.213. The number of nitrogen functional groups attached to an aromatic ring is 1. The van der Waals surface area contributed by atoms with E-state index < -0.39 is 0 Å². The molecule has 0 aromatic heterocycles. The van der Waals surface area contributed by atoms with Gasteiger partial charge >= 0.3 is 6.09 Å². The predicted octanol–water partition coefficient (Wildman–Crippen LogP) is 0.553. The summed E-state index contributed by atoms with van der Waals surface area (Å²) in [5, 5.41) is 0. The van der Waals surface area contributed by atoms with Crippen molar-refractivity contribution in [2.24, 2.45) is 5.73 Å². The van der Waals surface area contributed by atoms with Crippen LogP contribution in [0.2, 0.25) is 0 Å². The van der Waals surface area contributed by atoms with Gasteiger partial charge in [0, 0.05) is 17.9 Å². The van der Waals surface area contributed by atoms with E-state index in [9.17, 15) is 4.79 Å². The zero-order valence-corrected chi connectivity index (χ0v) is 8.22. The third-order valence-electron chi connectivity index (χ3n) is 2.34. The molecule has 0 radical (unpaired) electrons. The lowest BCUT2D eigenvalue weighted by Gasteiger charge is -2.12. The van der Waals surface area contributed by atoms with Gasteiger partial charge in [0.25, 0.3) is 0 Å². The van der Waals surface area contributed by atoms with Gasteiger partial charge in [0.1, 0.15) is 6.10 Å². The van der Waals surface area contributed by atoms with Crippen LogP contribution in [0.4, 0.5) is 16.2 Å². The first-order valence-corrected chi connectivity index (χ1v) is 4.74. The van der Waals surface area contributed by atoms with Crippen LogP contribution >= 0.6 is 0 Å². The quantitative estimate of drug-likeness (QED) is 0.694. The van der Waals surface area contributed by atoms with Crippen molar-refractivity contribution < 1.29 is 9.53 Å². The Hall–Kier alpha value is -1.75. The van der Waals surface area contributed by atoms with Gasteiger partial charge in [-0.1, -0.05) is 0 Å². The van der Waals surface area contributed by atoms with Crippen LogP contribution in [-0.4, -0.2) is 25.3 Å². The first-order valence-electron chi connectivity index (χ1n) is 4.74. The molecular formula is C10H13N3O2. The van der Waals surface area contributed by atoms with Crippen molar-refractivity contribution in [1.82, 2.24) is 0 Å². The molecule has 1 aromatic carbocycles.